The van der Waals surface area contributed by atoms with Crippen molar-refractivity contribution < 1.29 is 0 Å². The zero-order chi connectivity index (χ0) is 6.69. The van der Waals surface area contributed by atoms with Crippen molar-refractivity contribution in [3.8, 4) is 0 Å². The molecule has 0 aromatic carbocycles. The summed E-state index contributed by atoms with van der Waals surface area (Å²) in [5.41, 5.74) is 5.81. The largest absolute Gasteiger partial charge is 0.326 e. The molecule has 0 radical (unpaired) electrons. The predicted octanol–water partition coefficient (Wildman–Crippen LogP) is 0.636. The van der Waals surface area contributed by atoms with Crippen molar-refractivity contribution in [2.24, 2.45) is 5.73 Å². The van der Waals surface area contributed by atoms with Crippen molar-refractivity contribution in [2.45, 2.75) is 37.8 Å². The molecule has 0 spiro atoms. The molecule has 0 aliphatic heterocycles. The standard InChI is InChI=1S/C6H15N2P/c7-5-3-1-2-4-6(5)8-9/h5-6,8H,1-4,7,9H2. The second-order valence-corrected chi connectivity index (χ2v) is 3.05. The van der Waals surface area contributed by atoms with Gasteiger partial charge in [0.05, 0.1) is 0 Å². The van der Waals surface area contributed by atoms with Gasteiger partial charge in [-0.1, -0.05) is 22.2 Å². The minimum absolute atomic E-state index is 0.385. The first-order chi connectivity index (χ1) is 4.34. The minimum atomic E-state index is 0.385. The number of rotatable bonds is 1. The van der Waals surface area contributed by atoms with Gasteiger partial charge < -0.3 is 5.73 Å². The molecule has 2 nitrogen and oxygen atoms in total. The van der Waals surface area contributed by atoms with Gasteiger partial charge in [0.1, 0.15) is 0 Å². The fourth-order valence-electron chi connectivity index (χ4n) is 1.37. The fraction of sp³-hybridized carbons (Fsp3) is 1.00. The van der Waals surface area contributed by atoms with Gasteiger partial charge in [-0.05, 0) is 12.8 Å². The van der Waals surface area contributed by atoms with Gasteiger partial charge in [-0.15, -0.1) is 0 Å². The van der Waals surface area contributed by atoms with Crippen molar-refractivity contribution in [3.63, 3.8) is 0 Å². The SMILES string of the molecule is NC1CCCCC1NP. The average Bonchev–Trinajstić information content (AvgIpc) is 1.89. The summed E-state index contributed by atoms with van der Waals surface area (Å²) in [4.78, 5) is 0. The van der Waals surface area contributed by atoms with Gasteiger partial charge in [0.2, 0.25) is 0 Å². The van der Waals surface area contributed by atoms with Gasteiger partial charge in [0.25, 0.3) is 0 Å². The summed E-state index contributed by atoms with van der Waals surface area (Å²) in [7, 11) is 2.54. The van der Waals surface area contributed by atoms with Crippen molar-refractivity contribution in [3.05, 3.63) is 0 Å². The molecular weight excluding hydrogens is 131 g/mol. The zero-order valence-corrected chi connectivity index (χ0v) is 6.79. The summed E-state index contributed by atoms with van der Waals surface area (Å²) in [5, 5.41) is 3.15. The third-order valence-electron chi connectivity index (χ3n) is 2.03. The van der Waals surface area contributed by atoms with Crippen LogP contribution in [0.2, 0.25) is 0 Å². The Kier molecular flexibility index (Phi) is 2.90. The van der Waals surface area contributed by atoms with Crippen LogP contribution >= 0.6 is 9.39 Å². The molecule has 3 heteroatoms. The van der Waals surface area contributed by atoms with Crippen molar-refractivity contribution in [2.75, 3.05) is 0 Å². The average molecular weight is 146 g/mol. The van der Waals surface area contributed by atoms with Gasteiger partial charge in [-0.2, -0.15) is 0 Å². The van der Waals surface area contributed by atoms with Gasteiger partial charge in [-0.3, -0.25) is 5.09 Å². The van der Waals surface area contributed by atoms with Crippen LogP contribution < -0.4 is 10.8 Å². The molecule has 3 N–H and O–H groups in total. The van der Waals surface area contributed by atoms with E-state index in [4.69, 9.17) is 5.73 Å². The molecule has 0 saturated heterocycles. The van der Waals surface area contributed by atoms with E-state index in [1.807, 2.05) is 0 Å². The monoisotopic (exact) mass is 146 g/mol. The van der Waals surface area contributed by atoms with Crippen molar-refractivity contribution in [1.29, 1.82) is 0 Å². The summed E-state index contributed by atoms with van der Waals surface area (Å²) < 4.78 is 0. The molecule has 1 aliphatic rings. The van der Waals surface area contributed by atoms with Crippen LogP contribution in [0.1, 0.15) is 25.7 Å². The Balaban J connectivity index is 2.30. The molecule has 9 heavy (non-hydrogen) atoms. The van der Waals surface area contributed by atoms with Crippen LogP contribution in [0.15, 0.2) is 0 Å². The van der Waals surface area contributed by atoms with Gasteiger partial charge in [-0.25, -0.2) is 0 Å². The van der Waals surface area contributed by atoms with E-state index < -0.39 is 0 Å². The summed E-state index contributed by atoms with van der Waals surface area (Å²) in [6, 6.07) is 0.931. The van der Waals surface area contributed by atoms with Gasteiger partial charge in [0, 0.05) is 12.1 Å². The first-order valence-corrected chi connectivity index (χ1v) is 4.14. The van der Waals surface area contributed by atoms with Crippen molar-refractivity contribution in [1.82, 2.24) is 5.09 Å². The third kappa shape index (κ3) is 1.89. The molecule has 1 saturated carbocycles. The van der Waals surface area contributed by atoms with Crippen LogP contribution in [-0.4, -0.2) is 12.1 Å². The molecule has 0 bridgehead atoms. The zero-order valence-electron chi connectivity index (χ0n) is 5.64. The molecular formula is C6H15N2P. The Labute approximate surface area is 58.8 Å². The second kappa shape index (κ2) is 3.50. The molecule has 0 aromatic rings. The van der Waals surface area contributed by atoms with Gasteiger partial charge in [0.15, 0.2) is 0 Å². The normalized spacial score (nSPS) is 36.7. The Morgan fingerprint density at radius 2 is 2.00 bits per heavy atom. The van der Waals surface area contributed by atoms with Crippen LogP contribution in [-0.2, 0) is 0 Å². The maximum atomic E-state index is 5.81. The molecule has 1 aliphatic carbocycles. The summed E-state index contributed by atoms with van der Waals surface area (Å²) in [5.74, 6) is 0. The Morgan fingerprint density at radius 1 is 1.33 bits per heavy atom. The quantitative estimate of drug-likeness (QED) is 0.533. The number of nitrogens with two attached hydrogens (primary N) is 1. The number of hydrogen-bond acceptors (Lipinski definition) is 2. The van der Waals surface area contributed by atoms with E-state index in [9.17, 15) is 0 Å². The second-order valence-electron chi connectivity index (χ2n) is 2.72. The molecule has 54 valence electrons. The van der Waals surface area contributed by atoms with E-state index in [0.717, 1.165) is 0 Å². The number of nitrogens with one attached hydrogen (secondary N) is 1. The Bertz CT molecular complexity index is 87.1. The highest BCUT2D eigenvalue weighted by molar-refractivity contribution is 7.13. The Morgan fingerprint density at radius 3 is 2.44 bits per heavy atom. The molecule has 3 atom stereocenters. The van der Waals surface area contributed by atoms with E-state index in [1.54, 1.807) is 0 Å². The van der Waals surface area contributed by atoms with Crippen LogP contribution in [0.4, 0.5) is 0 Å². The highest BCUT2D eigenvalue weighted by Gasteiger charge is 2.19. The topological polar surface area (TPSA) is 38.0 Å². The summed E-state index contributed by atoms with van der Waals surface area (Å²) in [6.45, 7) is 0. The van der Waals surface area contributed by atoms with E-state index in [1.165, 1.54) is 25.7 Å². The predicted molar refractivity (Wildman–Crippen MR) is 43.1 cm³/mol. The fourth-order valence-corrected chi connectivity index (χ4v) is 1.78. The van der Waals surface area contributed by atoms with Gasteiger partial charge >= 0.3 is 0 Å². The van der Waals surface area contributed by atoms with Crippen LogP contribution in [0.3, 0.4) is 0 Å². The van der Waals surface area contributed by atoms with Crippen molar-refractivity contribution >= 4 is 9.39 Å². The van der Waals surface area contributed by atoms with Crippen LogP contribution in [0, 0.1) is 0 Å². The van der Waals surface area contributed by atoms with Crippen LogP contribution in [0.5, 0.6) is 0 Å². The third-order valence-corrected chi connectivity index (χ3v) is 2.46. The molecule has 3 unspecified atom stereocenters. The van der Waals surface area contributed by atoms with E-state index in [2.05, 4.69) is 14.5 Å². The summed E-state index contributed by atoms with van der Waals surface area (Å²) >= 11 is 0. The lowest BCUT2D eigenvalue weighted by atomic mass is 9.92. The van der Waals surface area contributed by atoms with E-state index >= 15 is 0 Å². The van der Waals surface area contributed by atoms with E-state index in [-0.39, 0.29) is 0 Å². The van der Waals surface area contributed by atoms with Crippen LogP contribution in [0.25, 0.3) is 0 Å². The lowest BCUT2D eigenvalue weighted by Gasteiger charge is -2.27. The maximum Gasteiger partial charge on any atom is 0.0250 e. The molecule has 0 aromatic heterocycles. The molecule has 0 amide bonds. The smallest absolute Gasteiger partial charge is 0.0250 e. The maximum absolute atomic E-state index is 5.81. The highest BCUT2D eigenvalue weighted by atomic mass is 31.0. The first-order valence-electron chi connectivity index (χ1n) is 3.56. The lowest BCUT2D eigenvalue weighted by molar-refractivity contribution is 0.368. The number of hydrogen-bond donors (Lipinski definition) is 2. The minimum Gasteiger partial charge on any atom is -0.326 e. The molecule has 0 heterocycles. The Hall–Kier alpha value is 0.350. The lowest BCUT2D eigenvalue weighted by Crippen LogP contribution is -2.43. The molecule has 1 fully saturated rings. The highest BCUT2D eigenvalue weighted by Crippen LogP contribution is 2.17. The molecule has 1 rings (SSSR count). The van der Waals surface area contributed by atoms with E-state index in [0.29, 0.717) is 12.1 Å². The first kappa shape index (κ1) is 7.46. The summed E-state index contributed by atoms with van der Waals surface area (Å²) in [6.07, 6.45) is 5.07.